The molecule has 0 aliphatic carbocycles. The molecule has 1 atom stereocenters. The Balaban J connectivity index is 1.75. The maximum atomic E-state index is 13.2. The number of nitrogens with zero attached hydrogens (tertiary/aromatic N) is 1. The largest absolute Gasteiger partial charge is 0.495 e. The van der Waals surface area contributed by atoms with E-state index >= 15 is 0 Å². The molecule has 1 saturated heterocycles. The summed E-state index contributed by atoms with van der Waals surface area (Å²) in [5, 5.41) is 8.01. The molecule has 12 heteroatoms. The van der Waals surface area contributed by atoms with Gasteiger partial charge in [0.15, 0.2) is 0 Å². The van der Waals surface area contributed by atoms with Crippen LogP contribution in [0.5, 0.6) is 5.75 Å². The Hall–Kier alpha value is -2.18. The predicted molar refractivity (Wildman–Crippen MR) is 116 cm³/mol. The zero-order valence-electron chi connectivity index (χ0n) is 16.6. The summed E-state index contributed by atoms with van der Waals surface area (Å²) in [4.78, 5) is 12.6. The zero-order valence-corrected chi connectivity index (χ0v) is 19.0. The molecular weight excluding hydrogens is 466 g/mol. The van der Waals surface area contributed by atoms with Gasteiger partial charge in [0, 0.05) is 23.8 Å². The number of hydrogen-bond acceptors (Lipinski definition) is 6. The highest BCUT2D eigenvalue weighted by Crippen LogP contribution is 2.32. The van der Waals surface area contributed by atoms with Gasteiger partial charge in [-0.2, -0.15) is 4.31 Å². The molecule has 0 radical (unpaired) electrons. The smallest absolute Gasteiger partial charge is 0.246 e. The summed E-state index contributed by atoms with van der Waals surface area (Å²) in [6, 6.07) is 9.76. The number of methoxy groups -OCH3 is 1. The van der Waals surface area contributed by atoms with Crippen LogP contribution in [-0.4, -0.2) is 47.2 Å². The van der Waals surface area contributed by atoms with E-state index in [9.17, 15) is 21.6 Å². The average Bonchev–Trinajstić information content (AvgIpc) is 2.73. The minimum Gasteiger partial charge on any atom is -0.495 e. The van der Waals surface area contributed by atoms with Crippen LogP contribution in [0.15, 0.2) is 52.3 Å². The van der Waals surface area contributed by atoms with Crippen LogP contribution >= 0.6 is 11.6 Å². The van der Waals surface area contributed by atoms with Crippen molar-refractivity contribution in [2.45, 2.75) is 22.6 Å². The quantitative estimate of drug-likeness (QED) is 0.639. The van der Waals surface area contributed by atoms with Crippen LogP contribution in [0.25, 0.3) is 0 Å². The lowest BCUT2D eigenvalue weighted by Gasteiger charge is -2.31. The van der Waals surface area contributed by atoms with Crippen LogP contribution < -0.4 is 15.2 Å². The van der Waals surface area contributed by atoms with E-state index in [1.807, 2.05) is 0 Å². The molecule has 0 spiro atoms. The van der Waals surface area contributed by atoms with E-state index in [1.165, 1.54) is 53.9 Å². The van der Waals surface area contributed by atoms with Gasteiger partial charge in [-0.1, -0.05) is 11.6 Å². The Bertz CT molecular complexity index is 1180. The minimum atomic E-state index is -3.93. The molecule has 31 heavy (non-hydrogen) atoms. The Kier molecular flexibility index (Phi) is 6.92. The van der Waals surface area contributed by atoms with E-state index in [4.69, 9.17) is 21.5 Å². The van der Waals surface area contributed by atoms with Gasteiger partial charge in [0.25, 0.3) is 0 Å². The number of halogens is 1. The number of rotatable bonds is 6. The molecule has 1 aliphatic heterocycles. The molecule has 0 bridgehead atoms. The van der Waals surface area contributed by atoms with Crippen LogP contribution in [0.1, 0.15) is 12.8 Å². The van der Waals surface area contributed by atoms with Crippen molar-refractivity contribution >= 4 is 43.2 Å². The number of amides is 1. The second kappa shape index (κ2) is 9.13. The van der Waals surface area contributed by atoms with Gasteiger partial charge < -0.3 is 10.1 Å². The van der Waals surface area contributed by atoms with Gasteiger partial charge in [-0.3, -0.25) is 4.79 Å². The van der Waals surface area contributed by atoms with Gasteiger partial charge in [-0.05, 0) is 55.3 Å². The maximum Gasteiger partial charge on any atom is 0.246 e. The maximum absolute atomic E-state index is 13.2. The number of benzene rings is 2. The molecule has 1 aliphatic rings. The van der Waals surface area contributed by atoms with Gasteiger partial charge >= 0.3 is 0 Å². The fourth-order valence-corrected chi connectivity index (χ4v) is 5.80. The van der Waals surface area contributed by atoms with Gasteiger partial charge in [0.05, 0.1) is 17.9 Å². The molecule has 3 rings (SSSR count). The molecule has 9 nitrogen and oxygen atoms in total. The number of primary sulfonamides is 1. The van der Waals surface area contributed by atoms with Crippen molar-refractivity contribution in [2.24, 2.45) is 11.1 Å². The van der Waals surface area contributed by atoms with Crippen molar-refractivity contribution in [1.82, 2.24) is 4.31 Å². The van der Waals surface area contributed by atoms with E-state index in [1.54, 1.807) is 0 Å². The second-order valence-corrected chi connectivity index (χ2v) is 11.0. The monoisotopic (exact) mass is 487 g/mol. The van der Waals surface area contributed by atoms with E-state index in [0.717, 1.165) is 0 Å². The third-order valence-electron chi connectivity index (χ3n) is 4.95. The van der Waals surface area contributed by atoms with Crippen LogP contribution in [0.2, 0.25) is 5.02 Å². The minimum absolute atomic E-state index is 0.000896. The third-order valence-corrected chi connectivity index (χ3v) is 8.00. The first kappa shape index (κ1) is 23.5. The van der Waals surface area contributed by atoms with Crippen molar-refractivity contribution in [2.75, 3.05) is 25.5 Å². The van der Waals surface area contributed by atoms with E-state index in [2.05, 4.69) is 5.32 Å². The standard InChI is InChI=1S/C19H22ClN3O6S2/c1-29-17-9-4-14(20)11-18(17)31(27,28)23-10-2-3-13(12-23)19(24)22-15-5-7-16(8-6-15)30(21,25)26/h4-9,11,13H,2-3,10,12H2,1H3,(H,22,24)(H2,21,25,26)/t13-/m0/s1. The molecule has 0 aromatic heterocycles. The lowest BCUT2D eigenvalue weighted by Crippen LogP contribution is -2.43. The first-order valence-electron chi connectivity index (χ1n) is 9.30. The predicted octanol–water partition coefficient (Wildman–Crippen LogP) is 2.04. The second-order valence-electron chi connectivity index (χ2n) is 7.06. The van der Waals surface area contributed by atoms with E-state index in [0.29, 0.717) is 18.5 Å². The van der Waals surface area contributed by atoms with Crippen molar-refractivity contribution < 1.29 is 26.4 Å². The number of anilines is 1. The highest BCUT2D eigenvalue weighted by molar-refractivity contribution is 7.89. The molecule has 168 valence electrons. The fourth-order valence-electron chi connectivity index (χ4n) is 3.34. The number of nitrogens with one attached hydrogen (secondary N) is 1. The first-order valence-corrected chi connectivity index (χ1v) is 12.7. The highest BCUT2D eigenvalue weighted by Gasteiger charge is 2.35. The summed E-state index contributed by atoms with van der Waals surface area (Å²) >= 11 is 5.98. The highest BCUT2D eigenvalue weighted by atomic mass is 35.5. The summed E-state index contributed by atoms with van der Waals surface area (Å²) in [6.45, 7) is 0.268. The summed E-state index contributed by atoms with van der Waals surface area (Å²) < 4.78 is 55.4. The molecule has 0 unspecified atom stereocenters. The Morgan fingerprint density at radius 1 is 1.16 bits per heavy atom. The Morgan fingerprint density at radius 2 is 1.84 bits per heavy atom. The molecule has 2 aromatic carbocycles. The number of ether oxygens (including phenoxy) is 1. The van der Waals surface area contributed by atoms with Crippen LogP contribution in [-0.2, 0) is 24.8 Å². The molecule has 0 saturated carbocycles. The Labute approximate surface area is 186 Å². The average molecular weight is 488 g/mol. The topological polar surface area (TPSA) is 136 Å². The van der Waals surface area contributed by atoms with Crippen molar-refractivity contribution in [3.63, 3.8) is 0 Å². The SMILES string of the molecule is COc1ccc(Cl)cc1S(=O)(=O)N1CCC[C@H](C(=O)Nc2ccc(S(N)(=O)=O)cc2)C1. The number of sulfonamides is 2. The number of carbonyl (C=O) groups is 1. The lowest BCUT2D eigenvalue weighted by atomic mass is 9.99. The summed E-state index contributed by atoms with van der Waals surface area (Å²) in [6.07, 6.45) is 1.02. The van der Waals surface area contributed by atoms with Crippen LogP contribution in [0, 0.1) is 5.92 Å². The number of carbonyl (C=O) groups excluding carboxylic acids is 1. The fraction of sp³-hybridized carbons (Fsp3) is 0.316. The van der Waals surface area contributed by atoms with Crippen LogP contribution in [0.3, 0.4) is 0 Å². The lowest BCUT2D eigenvalue weighted by molar-refractivity contribution is -0.120. The molecule has 1 fully saturated rings. The van der Waals surface area contributed by atoms with Crippen LogP contribution in [0.4, 0.5) is 5.69 Å². The summed E-state index contributed by atoms with van der Waals surface area (Å²) in [5.74, 6) is -0.765. The summed E-state index contributed by atoms with van der Waals surface area (Å²) in [7, 11) is -6.39. The number of hydrogen-bond donors (Lipinski definition) is 2. The van der Waals surface area contributed by atoms with Crippen molar-refractivity contribution in [3.8, 4) is 5.75 Å². The third kappa shape index (κ3) is 5.36. The van der Waals surface area contributed by atoms with Gasteiger partial charge in [0.2, 0.25) is 26.0 Å². The normalized spacial score (nSPS) is 17.8. The van der Waals surface area contributed by atoms with Gasteiger partial charge in [0.1, 0.15) is 10.6 Å². The summed E-state index contributed by atoms with van der Waals surface area (Å²) in [5.41, 5.74) is 0.383. The van der Waals surface area contributed by atoms with Gasteiger partial charge in [-0.15, -0.1) is 0 Å². The van der Waals surface area contributed by atoms with E-state index < -0.39 is 26.0 Å². The molecular formula is C19H22ClN3O6S2. The van der Waals surface area contributed by atoms with Crippen molar-refractivity contribution in [3.05, 3.63) is 47.5 Å². The molecule has 2 aromatic rings. The molecule has 1 heterocycles. The van der Waals surface area contributed by atoms with Gasteiger partial charge in [-0.25, -0.2) is 22.0 Å². The first-order chi connectivity index (χ1) is 14.5. The molecule has 1 amide bonds. The zero-order chi connectivity index (χ0) is 22.8. The Morgan fingerprint density at radius 3 is 2.45 bits per heavy atom. The van der Waals surface area contributed by atoms with E-state index in [-0.39, 0.29) is 39.6 Å². The van der Waals surface area contributed by atoms with Crippen molar-refractivity contribution in [1.29, 1.82) is 0 Å². The molecule has 3 N–H and O–H groups in total. The number of piperidine rings is 1. The number of nitrogens with two attached hydrogens (primary N) is 1.